The van der Waals surface area contributed by atoms with Crippen molar-refractivity contribution in [2.24, 2.45) is 5.92 Å². The topological polar surface area (TPSA) is 39.1 Å². The van der Waals surface area contributed by atoms with Gasteiger partial charge < -0.3 is 10.2 Å². The van der Waals surface area contributed by atoms with E-state index in [4.69, 9.17) is 5.26 Å². The van der Waals surface area contributed by atoms with Crippen molar-refractivity contribution in [1.82, 2.24) is 5.32 Å². The van der Waals surface area contributed by atoms with Gasteiger partial charge in [0.2, 0.25) is 0 Å². The predicted molar refractivity (Wildman–Crippen MR) is 77.5 cm³/mol. The van der Waals surface area contributed by atoms with E-state index in [9.17, 15) is 0 Å². The van der Waals surface area contributed by atoms with Crippen molar-refractivity contribution in [1.29, 1.82) is 5.26 Å². The van der Waals surface area contributed by atoms with Crippen molar-refractivity contribution in [3.63, 3.8) is 0 Å². The Labute approximate surface area is 117 Å². The van der Waals surface area contributed by atoms with Crippen molar-refractivity contribution in [2.75, 3.05) is 24.5 Å². The third-order valence-electron chi connectivity index (χ3n) is 3.26. The number of anilines is 1. The molecule has 1 saturated heterocycles. The minimum atomic E-state index is 0.257. The van der Waals surface area contributed by atoms with Gasteiger partial charge in [0.05, 0.1) is 18.2 Å². The summed E-state index contributed by atoms with van der Waals surface area (Å²) in [6, 6.07) is 10.8. The van der Waals surface area contributed by atoms with Crippen molar-refractivity contribution in [3.05, 3.63) is 28.7 Å². The molecule has 0 amide bonds. The van der Waals surface area contributed by atoms with Crippen molar-refractivity contribution in [2.45, 2.75) is 19.4 Å². The fourth-order valence-electron chi connectivity index (χ4n) is 2.37. The molecule has 18 heavy (non-hydrogen) atoms. The minimum Gasteiger partial charge on any atom is -0.369 e. The molecule has 0 spiro atoms. The van der Waals surface area contributed by atoms with Crippen LogP contribution in [0, 0.1) is 17.2 Å². The zero-order chi connectivity index (χ0) is 13.0. The number of nitrogens with one attached hydrogen (secondary N) is 1. The van der Waals surface area contributed by atoms with Gasteiger partial charge in [0, 0.05) is 23.6 Å². The van der Waals surface area contributed by atoms with Crippen molar-refractivity contribution >= 4 is 21.6 Å². The molecule has 96 valence electrons. The number of hydrogen-bond donors (Lipinski definition) is 1. The molecule has 4 heteroatoms. The Hall–Kier alpha value is -1.05. The van der Waals surface area contributed by atoms with Gasteiger partial charge in [0.1, 0.15) is 0 Å². The summed E-state index contributed by atoms with van der Waals surface area (Å²) < 4.78 is 1.12. The lowest BCUT2D eigenvalue weighted by molar-refractivity contribution is 0.509. The monoisotopic (exact) mass is 307 g/mol. The molecule has 0 radical (unpaired) electrons. The lowest BCUT2D eigenvalue weighted by Gasteiger charge is -2.27. The lowest BCUT2D eigenvalue weighted by Crippen LogP contribution is -2.37. The molecule has 3 nitrogen and oxygen atoms in total. The third-order valence-corrected chi connectivity index (χ3v) is 3.93. The van der Waals surface area contributed by atoms with Gasteiger partial charge in [-0.1, -0.05) is 19.1 Å². The molecule has 1 aliphatic rings. The second kappa shape index (κ2) is 6.21. The van der Waals surface area contributed by atoms with E-state index >= 15 is 0 Å². The number of hydrogen-bond acceptors (Lipinski definition) is 3. The van der Waals surface area contributed by atoms with Crippen LogP contribution in [-0.2, 0) is 0 Å². The van der Waals surface area contributed by atoms with Gasteiger partial charge in [-0.05, 0) is 40.5 Å². The van der Waals surface area contributed by atoms with Crippen LogP contribution in [0.25, 0.3) is 0 Å². The molecule has 0 aromatic heterocycles. The smallest absolute Gasteiger partial charge is 0.0638 e. The molecule has 1 heterocycles. The molecule has 2 rings (SSSR count). The largest absolute Gasteiger partial charge is 0.369 e. The first kappa shape index (κ1) is 13.4. The first-order valence-corrected chi connectivity index (χ1v) is 7.10. The van der Waals surface area contributed by atoms with Gasteiger partial charge in [-0.25, -0.2) is 0 Å². The normalized spacial score (nSPS) is 24.4. The molecular weight excluding hydrogens is 290 g/mol. The van der Waals surface area contributed by atoms with Gasteiger partial charge in [-0.3, -0.25) is 0 Å². The molecule has 1 fully saturated rings. The average molecular weight is 308 g/mol. The van der Waals surface area contributed by atoms with E-state index in [1.165, 1.54) is 5.69 Å². The van der Waals surface area contributed by atoms with Gasteiger partial charge in [-0.15, -0.1) is 0 Å². The number of nitrogens with zero attached hydrogens (tertiary/aromatic N) is 2. The van der Waals surface area contributed by atoms with Crippen molar-refractivity contribution < 1.29 is 0 Å². The summed E-state index contributed by atoms with van der Waals surface area (Å²) in [4.78, 5) is 2.37. The Morgan fingerprint density at radius 1 is 1.44 bits per heavy atom. The van der Waals surface area contributed by atoms with E-state index in [0.29, 0.717) is 12.3 Å². The SMILES string of the molecule is CC1CNC(CC#N)CN(c2ccccc2Br)C1. The zero-order valence-electron chi connectivity index (χ0n) is 10.6. The molecule has 1 aromatic carbocycles. The summed E-state index contributed by atoms with van der Waals surface area (Å²) in [5.74, 6) is 0.584. The molecule has 0 bridgehead atoms. The van der Waals surface area contributed by atoms with Crippen LogP contribution in [0.3, 0.4) is 0 Å². The van der Waals surface area contributed by atoms with Gasteiger partial charge in [0.15, 0.2) is 0 Å². The number of nitriles is 1. The van der Waals surface area contributed by atoms with Crippen LogP contribution < -0.4 is 10.2 Å². The molecule has 2 unspecified atom stereocenters. The molecule has 1 aliphatic heterocycles. The molecule has 0 aliphatic carbocycles. The molecule has 2 atom stereocenters. The number of rotatable bonds is 2. The fourth-order valence-corrected chi connectivity index (χ4v) is 2.90. The predicted octanol–water partition coefficient (Wildman–Crippen LogP) is 2.78. The van der Waals surface area contributed by atoms with Gasteiger partial charge >= 0.3 is 0 Å². The Morgan fingerprint density at radius 2 is 2.22 bits per heavy atom. The van der Waals surface area contributed by atoms with E-state index < -0.39 is 0 Å². The second-order valence-electron chi connectivity index (χ2n) is 4.93. The van der Waals surface area contributed by atoms with Crippen LogP contribution in [-0.4, -0.2) is 25.7 Å². The third kappa shape index (κ3) is 3.24. The maximum absolute atomic E-state index is 8.87. The Kier molecular flexibility index (Phi) is 4.62. The minimum absolute atomic E-state index is 0.257. The standard InChI is InChI=1S/C14H18BrN3/c1-11-8-17-12(6-7-16)10-18(9-11)14-5-3-2-4-13(14)15/h2-5,11-12,17H,6,8-10H2,1H3. The first-order valence-electron chi connectivity index (χ1n) is 6.30. The zero-order valence-corrected chi connectivity index (χ0v) is 12.2. The highest BCUT2D eigenvalue weighted by atomic mass is 79.9. The number of para-hydroxylation sites is 1. The maximum atomic E-state index is 8.87. The Balaban J connectivity index is 2.19. The highest BCUT2D eigenvalue weighted by molar-refractivity contribution is 9.10. The maximum Gasteiger partial charge on any atom is 0.0638 e. The summed E-state index contributed by atoms with van der Waals surface area (Å²) in [6.07, 6.45) is 0.563. The van der Waals surface area contributed by atoms with Crippen LogP contribution in [0.1, 0.15) is 13.3 Å². The highest BCUT2D eigenvalue weighted by Gasteiger charge is 2.22. The van der Waals surface area contributed by atoms with Gasteiger partial charge in [0.25, 0.3) is 0 Å². The summed E-state index contributed by atoms with van der Waals surface area (Å²) in [7, 11) is 0. The van der Waals surface area contributed by atoms with Crippen LogP contribution in [0.2, 0.25) is 0 Å². The molecule has 1 N–H and O–H groups in total. The molecular formula is C14H18BrN3. The van der Waals surface area contributed by atoms with Crippen LogP contribution in [0.4, 0.5) is 5.69 Å². The van der Waals surface area contributed by atoms with E-state index in [2.05, 4.69) is 57.3 Å². The van der Waals surface area contributed by atoms with Crippen molar-refractivity contribution in [3.8, 4) is 6.07 Å². The molecule has 0 saturated carbocycles. The Morgan fingerprint density at radius 3 is 2.94 bits per heavy atom. The van der Waals surface area contributed by atoms with E-state index in [-0.39, 0.29) is 6.04 Å². The van der Waals surface area contributed by atoms with E-state index in [0.717, 1.165) is 24.1 Å². The quantitative estimate of drug-likeness (QED) is 0.913. The summed E-state index contributed by atoms with van der Waals surface area (Å²) in [5, 5.41) is 12.3. The fraction of sp³-hybridized carbons (Fsp3) is 0.500. The number of halogens is 1. The molecule has 1 aromatic rings. The first-order chi connectivity index (χ1) is 8.70. The number of benzene rings is 1. The van der Waals surface area contributed by atoms with Crippen LogP contribution >= 0.6 is 15.9 Å². The Bertz CT molecular complexity index is 441. The highest BCUT2D eigenvalue weighted by Crippen LogP contribution is 2.27. The van der Waals surface area contributed by atoms with E-state index in [1.807, 2.05) is 6.07 Å². The lowest BCUT2D eigenvalue weighted by atomic mass is 10.1. The summed E-state index contributed by atoms with van der Waals surface area (Å²) in [6.45, 7) is 5.14. The van der Waals surface area contributed by atoms with Crippen LogP contribution in [0.15, 0.2) is 28.7 Å². The summed E-state index contributed by atoms with van der Waals surface area (Å²) >= 11 is 3.61. The second-order valence-corrected chi connectivity index (χ2v) is 5.78. The van der Waals surface area contributed by atoms with Gasteiger partial charge in [-0.2, -0.15) is 5.26 Å². The van der Waals surface area contributed by atoms with Crippen LogP contribution in [0.5, 0.6) is 0 Å². The van der Waals surface area contributed by atoms with E-state index in [1.54, 1.807) is 0 Å². The summed E-state index contributed by atoms with van der Waals surface area (Å²) in [5.41, 5.74) is 1.22. The average Bonchev–Trinajstić information content (AvgIpc) is 2.53.